The van der Waals surface area contributed by atoms with Gasteiger partial charge in [-0.2, -0.15) is 0 Å². The average Bonchev–Trinajstić information content (AvgIpc) is 2.73. The number of aliphatic hydroxyl groups is 1. The topological polar surface area (TPSA) is 38.7 Å². The summed E-state index contributed by atoms with van der Waals surface area (Å²) < 4.78 is 11.0. The minimum atomic E-state index is -0.492. The van der Waals surface area contributed by atoms with Gasteiger partial charge in [-0.1, -0.05) is 24.3 Å². The molecule has 0 aromatic heterocycles. The highest BCUT2D eigenvalue weighted by Crippen LogP contribution is 2.33. The molecule has 1 N–H and O–H groups in total. The lowest BCUT2D eigenvalue weighted by Crippen LogP contribution is -2.41. The van der Waals surface area contributed by atoms with Crippen LogP contribution in [0.1, 0.15) is 17.5 Å². The first-order valence-electron chi connectivity index (χ1n) is 6.23. The fourth-order valence-corrected chi connectivity index (χ4v) is 2.80. The molecule has 3 nitrogen and oxygen atoms in total. The van der Waals surface area contributed by atoms with E-state index in [4.69, 9.17) is 9.47 Å². The highest BCUT2D eigenvalue weighted by molar-refractivity contribution is 5.26. The van der Waals surface area contributed by atoms with Gasteiger partial charge in [-0.15, -0.1) is 0 Å². The van der Waals surface area contributed by atoms with Crippen molar-refractivity contribution in [1.82, 2.24) is 0 Å². The third-order valence-electron chi connectivity index (χ3n) is 3.84. The zero-order valence-corrected chi connectivity index (χ0v) is 10.0. The van der Waals surface area contributed by atoms with Crippen molar-refractivity contribution < 1.29 is 14.6 Å². The molecule has 2 aliphatic rings. The van der Waals surface area contributed by atoms with Crippen molar-refractivity contribution >= 4 is 0 Å². The van der Waals surface area contributed by atoms with Gasteiger partial charge in [0.05, 0.1) is 12.7 Å². The molecule has 1 aromatic carbocycles. The standard InChI is InChI=1S/C14H18O3/c1-9-4-2-3-5-10(9)6-11-7-12-8-16-14(17-12)13(11)15/h2-5,11-15H,6-8H2,1H3/t11?,12-,13?,14+/m0/s1. The van der Waals surface area contributed by atoms with Crippen LogP contribution in [0.3, 0.4) is 0 Å². The van der Waals surface area contributed by atoms with E-state index < -0.39 is 12.4 Å². The highest BCUT2D eigenvalue weighted by Gasteiger charge is 2.43. The van der Waals surface area contributed by atoms with Crippen molar-refractivity contribution in [3.05, 3.63) is 35.4 Å². The highest BCUT2D eigenvalue weighted by atomic mass is 16.7. The molecule has 0 saturated carbocycles. The first-order chi connectivity index (χ1) is 8.24. The Bertz CT molecular complexity index is 404. The summed E-state index contributed by atoms with van der Waals surface area (Å²) in [4.78, 5) is 0. The summed E-state index contributed by atoms with van der Waals surface area (Å²) in [5, 5.41) is 10.2. The van der Waals surface area contributed by atoms with Crippen LogP contribution in [0.25, 0.3) is 0 Å². The van der Waals surface area contributed by atoms with E-state index in [1.807, 2.05) is 6.07 Å². The summed E-state index contributed by atoms with van der Waals surface area (Å²) in [6, 6.07) is 8.36. The number of aliphatic hydroxyl groups excluding tert-OH is 1. The van der Waals surface area contributed by atoms with Crippen LogP contribution in [-0.4, -0.2) is 30.2 Å². The van der Waals surface area contributed by atoms with E-state index in [0.717, 1.165) is 12.8 Å². The molecular weight excluding hydrogens is 216 g/mol. The molecule has 2 saturated heterocycles. The van der Waals surface area contributed by atoms with E-state index in [0.29, 0.717) is 6.61 Å². The van der Waals surface area contributed by atoms with E-state index in [2.05, 4.69) is 25.1 Å². The smallest absolute Gasteiger partial charge is 0.184 e. The maximum atomic E-state index is 10.2. The molecule has 3 heteroatoms. The minimum absolute atomic E-state index is 0.178. The Morgan fingerprint density at radius 2 is 2.18 bits per heavy atom. The second kappa shape index (κ2) is 4.41. The number of fused-ring (bicyclic) bond motifs is 2. The van der Waals surface area contributed by atoms with Crippen LogP contribution in [-0.2, 0) is 15.9 Å². The SMILES string of the molecule is Cc1ccccc1CC1C[C@H]2CO[C@H](O2)C1O. The van der Waals surface area contributed by atoms with E-state index in [9.17, 15) is 5.11 Å². The molecule has 92 valence electrons. The number of benzene rings is 1. The Morgan fingerprint density at radius 1 is 1.35 bits per heavy atom. The average molecular weight is 234 g/mol. The largest absolute Gasteiger partial charge is 0.388 e. The second-order valence-electron chi connectivity index (χ2n) is 5.08. The number of aryl methyl sites for hydroxylation is 1. The summed E-state index contributed by atoms with van der Waals surface area (Å²) in [5.74, 6) is 0.252. The first-order valence-corrected chi connectivity index (χ1v) is 6.23. The molecule has 2 aliphatic heterocycles. The Labute approximate surface area is 101 Å². The molecule has 2 bridgehead atoms. The lowest BCUT2D eigenvalue weighted by molar-refractivity contribution is -0.174. The van der Waals surface area contributed by atoms with Gasteiger partial charge in [0.25, 0.3) is 0 Å². The quantitative estimate of drug-likeness (QED) is 0.845. The van der Waals surface area contributed by atoms with Crippen LogP contribution in [0.5, 0.6) is 0 Å². The predicted octanol–water partition coefficient (Wildman–Crippen LogP) is 1.66. The Kier molecular flexibility index (Phi) is 2.90. The molecule has 17 heavy (non-hydrogen) atoms. The van der Waals surface area contributed by atoms with Crippen LogP contribution < -0.4 is 0 Å². The molecule has 0 spiro atoms. The van der Waals surface area contributed by atoms with Crippen molar-refractivity contribution in [1.29, 1.82) is 0 Å². The van der Waals surface area contributed by atoms with Crippen LogP contribution in [0.15, 0.2) is 24.3 Å². The molecule has 2 fully saturated rings. The molecular formula is C14H18O3. The Morgan fingerprint density at radius 3 is 3.00 bits per heavy atom. The summed E-state index contributed by atoms with van der Waals surface area (Å²) in [7, 11) is 0. The van der Waals surface area contributed by atoms with Gasteiger partial charge in [0.15, 0.2) is 6.29 Å². The van der Waals surface area contributed by atoms with Gasteiger partial charge in [0, 0.05) is 0 Å². The third-order valence-corrected chi connectivity index (χ3v) is 3.84. The van der Waals surface area contributed by atoms with Crippen LogP contribution >= 0.6 is 0 Å². The maximum Gasteiger partial charge on any atom is 0.184 e. The molecule has 1 aromatic rings. The number of hydrogen-bond acceptors (Lipinski definition) is 3. The summed E-state index contributed by atoms with van der Waals surface area (Å²) in [6.45, 7) is 2.75. The molecule has 0 radical (unpaired) electrons. The first kappa shape index (κ1) is 11.2. The van der Waals surface area contributed by atoms with Crippen LogP contribution in [0, 0.1) is 12.8 Å². The van der Waals surface area contributed by atoms with Gasteiger partial charge in [0.2, 0.25) is 0 Å². The van der Waals surface area contributed by atoms with E-state index in [1.54, 1.807) is 0 Å². The lowest BCUT2D eigenvalue weighted by atomic mass is 9.86. The van der Waals surface area contributed by atoms with Crippen LogP contribution in [0.2, 0.25) is 0 Å². The predicted molar refractivity (Wildman–Crippen MR) is 63.6 cm³/mol. The molecule has 0 amide bonds. The normalized spacial score (nSPS) is 36.1. The summed E-state index contributed by atoms with van der Waals surface area (Å²) >= 11 is 0. The Hall–Kier alpha value is -0.900. The Balaban J connectivity index is 1.75. The number of ether oxygens (including phenoxy) is 2. The van der Waals surface area contributed by atoms with Crippen molar-refractivity contribution in [2.45, 2.75) is 38.3 Å². The van der Waals surface area contributed by atoms with Gasteiger partial charge in [0.1, 0.15) is 6.10 Å². The molecule has 3 rings (SSSR count). The fraction of sp³-hybridized carbons (Fsp3) is 0.571. The molecule has 2 heterocycles. The molecule has 4 atom stereocenters. The summed E-state index contributed by atoms with van der Waals surface area (Å²) in [6.07, 6.45) is 1.09. The minimum Gasteiger partial charge on any atom is -0.388 e. The van der Waals surface area contributed by atoms with Crippen molar-refractivity contribution in [2.24, 2.45) is 5.92 Å². The fourth-order valence-electron chi connectivity index (χ4n) is 2.80. The van der Waals surface area contributed by atoms with Gasteiger partial charge < -0.3 is 14.6 Å². The number of rotatable bonds is 2. The lowest BCUT2D eigenvalue weighted by Gasteiger charge is -2.32. The van der Waals surface area contributed by atoms with Gasteiger partial charge in [-0.05, 0) is 36.8 Å². The number of hydrogen-bond donors (Lipinski definition) is 1. The van der Waals surface area contributed by atoms with E-state index in [1.165, 1.54) is 11.1 Å². The summed E-state index contributed by atoms with van der Waals surface area (Å²) in [5.41, 5.74) is 2.61. The van der Waals surface area contributed by atoms with Crippen molar-refractivity contribution in [3.63, 3.8) is 0 Å². The van der Waals surface area contributed by atoms with Gasteiger partial charge in [-0.25, -0.2) is 0 Å². The van der Waals surface area contributed by atoms with E-state index >= 15 is 0 Å². The second-order valence-corrected chi connectivity index (χ2v) is 5.08. The maximum absolute atomic E-state index is 10.2. The van der Waals surface area contributed by atoms with Gasteiger partial charge in [-0.3, -0.25) is 0 Å². The van der Waals surface area contributed by atoms with Crippen molar-refractivity contribution in [2.75, 3.05) is 6.61 Å². The van der Waals surface area contributed by atoms with E-state index in [-0.39, 0.29) is 12.0 Å². The zero-order valence-electron chi connectivity index (χ0n) is 10.0. The monoisotopic (exact) mass is 234 g/mol. The van der Waals surface area contributed by atoms with Gasteiger partial charge >= 0.3 is 0 Å². The van der Waals surface area contributed by atoms with Crippen LogP contribution in [0.4, 0.5) is 0 Å². The molecule has 2 unspecified atom stereocenters. The zero-order chi connectivity index (χ0) is 11.8. The molecule has 0 aliphatic carbocycles. The third kappa shape index (κ3) is 2.10. The van der Waals surface area contributed by atoms with Crippen molar-refractivity contribution in [3.8, 4) is 0 Å².